The molecule has 1 fully saturated rings. The van der Waals surface area contributed by atoms with Crippen LogP contribution < -0.4 is 15.8 Å². The van der Waals surface area contributed by atoms with Crippen molar-refractivity contribution < 1.29 is 22.7 Å². The average molecular weight is 502 g/mol. The minimum Gasteiger partial charge on any atom is -0.398 e. The van der Waals surface area contributed by atoms with Crippen LogP contribution in [0.25, 0.3) is 0 Å². The summed E-state index contributed by atoms with van der Waals surface area (Å²) in [6.45, 7) is 3.48. The van der Waals surface area contributed by atoms with E-state index >= 15 is 0 Å². The van der Waals surface area contributed by atoms with Crippen molar-refractivity contribution in [2.75, 3.05) is 5.73 Å². The van der Waals surface area contributed by atoms with Crippen LogP contribution in [-0.4, -0.2) is 31.6 Å². The van der Waals surface area contributed by atoms with E-state index in [2.05, 4.69) is 21.9 Å². The van der Waals surface area contributed by atoms with E-state index in [1.54, 1.807) is 25.1 Å². The van der Waals surface area contributed by atoms with Gasteiger partial charge in [-0.15, -0.1) is 0 Å². The largest absolute Gasteiger partial charge is 0.398 e. The third-order valence-corrected chi connectivity index (χ3v) is 7.62. The first kappa shape index (κ1) is 26.7. The molecule has 35 heavy (non-hydrogen) atoms. The summed E-state index contributed by atoms with van der Waals surface area (Å²) >= 11 is 0. The number of hydrogen-bond acceptors (Lipinski definition) is 5. The Kier molecular flexibility index (Phi) is 8.89. The number of nitrogen functional groups attached to an aromatic ring is 1. The van der Waals surface area contributed by atoms with Crippen molar-refractivity contribution in [2.24, 2.45) is 5.92 Å². The molecule has 0 aromatic heterocycles. The molecule has 5 N–H and O–H groups in total. The zero-order valence-corrected chi connectivity index (χ0v) is 20.7. The number of aliphatic hydroxyl groups excluding tert-OH is 1. The molecule has 9 heteroatoms. The van der Waals surface area contributed by atoms with Crippen molar-refractivity contribution in [1.29, 1.82) is 0 Å². The molecule has 0 radical (unpaired) electrons. The first-order valence-electron chi connectivity index (χ1n) is 11.7. The molecule has 0 bridgehead atoms. The van der Waals surface area contributed by atoms with Gasteiger partial charge in [-0.3, -0.25) is 4.79 Å². The normalized spacial score (nSPS) is 19.8. The van der Waals surface area contributed by atoms with Gasteiger partial charge in [-0.1, -0.05) is 24.0 Å². The zero-order chi connectivity index (χ0) is 25.6. The summed E-state index contributed by atoms with van der Waals surface area (Å²) in [4.78, 5) is 12.7. The van der Waals surface area contributed by atoms with Crippen molar-refractivity contribution in [3.8, 4) is 11.8 Å². The van der Waals surface area contributed by atoms with Crippen molar-refractivity contribution >= 4 is 21.6 Å². The number of anilines is 1. The van der Waals surface area contributed by atoms with Gasteiger partial charge in [0.2, 0.25) is 15.9 Å². The molecule has 188 valence electrons. The maximum Gasteiger partial charge on any atom is 0.240 e. The van der Waals surface area contributed by atoms with Gasteiger partial charge in [0.15, 0.2) is 0 Å². The Bertz CT molecular complexity index is 1200. The fourth-order valence-electron chi connectivity index (χ4n) is 4.04. The summed E-state index contributed by atoms with van der Waals surface area (Å²) < 4.78 is 41.6. The van der Waals surface area contributed by atoms with E-state index in [1.807, 2.05) is 6.92 Å². The van der Waals surface area contributed by atoms with E-state index < -0.39 is 16.1 Å². The highest BCUT2D eigenvalue weighted by Gasteiger charge is 2.30. The van der Waals surface area contributed by atoms with E-state index in [4.69, 9.17) is 5.73 Å². The number of aliphatic hydroxyl groups is 1. The number of nitrogens with two attached hydrogens (primary N) is 1. The third-order valence-electron chi connectivity index (χ3n) is 6.10. The zero-order valence-electron chi connectivity index (χ0n) is 19.9. The first-order chi connectivity index (χ1) is 16.5. The highest BCUT2D eigenvalue weighted by Crippen LogP contribution is 2.27. The molecule has 7 nitrogen and oxygen atoms in total. The van der Waals surface area contributed by atoms with Crippen LogP contribution in [-0.2, 0) is 14.8 Å². The van der Waals surface area contributed by atoms with Crippen LogP contribution in [0.5, 0.6) is 0 Å². The van der Waals surface area contributed by atoms with Gasteiger partial charge < -0.3 is 16.2 Å². The molecule has 1 saturated carbocycles. The molecular weight excluding hydrogens is 469 g/mol. The van der Waals surface area contributed by atoms with Crippen molar-refractivity contribution in [1.82, 2.24) is 10.0 Å². The third kappa shape index (κ3) is 7.52. The lowest BCUT2D eigenvalue weighted by Crippen LogP contribution is -2.41. The van der Waals surface area contributed by atoms with Gasteiger partial charge in [-0.05, 0) is 75.4 Å². The van der Waals surface area contributed by atoms with Crippen LogP contribution in [0.3, 0.4) is 0 Å². The molecule has 1 aliphatic carbocycles. The number of hydrogen-bond donors (Lipinski definition) is 4. The van der Waals surface area contributed by atoms with Gasteiger partial charge in [0.1, 0.15) is 5.82 Å². The van der Waals surface area contributed by atoms with E-state index in [0.29, 0.717) is 37.7 Å². The highest BCUT2D eigenvalue weighted by molar-refractivity contribution is 7.89. The number of benzene rings is 2. The fourth-order valence-corrected chi connectivity index (χ4v) is 5.38. The van der Waals surface area contributed by atoms with Gasteiger partial charge in [0.05, 0.1) is 17.0 Å². The Morgan fingerprint density at radius 3 is 2.40 bits per heavy atom. The quantitative estimate of drug-likeness (QED) is 0.343. The van der Waals surface area contributed by atoms with Crippen molar-refractivity contribution in [3.05, 3.63) is 59.4 Å². The molecule has 2 atom stereocenters. The molecule has 0 aliphatic heterocycles. The Balaban J connectivity index is 1.54. The minimum absolute atomic E-state index is 0.0593. The highest BCUT2D eigenvalue weighted by atomic mass is 32.2. The average Bonchev–Trinajstić information content (AvgIpc) is 2.80. The summed E-state index contributed by atoms with van der Waals surface area (Å²) in [5.41, 5.74) is 7.57. The number of rotatable bonds is 7. The first-order valence-corrected chi connectivity index (χ1v) is 13.2. The van der Waals surface area contributed by atoms with E-state index in [0.717, 1.165) is 5.56 Å². The van der Waals surface area contributed by atoms with Gasteiger partial charge in [0, 0.05) is 29.6 Å². The predicted molar refractivity (Wildman–Crippen MR) is 133 cm³/mol. The second kappa shape index (κ2) is 11.7. The van der Waals surface area contributed by atoms with E-state index in [1.165, 1.54) is 24.3 Å². The lowest BCUT2D eigenvalue weighted by Gasteiger charge is -2.29. The number of nitrogens with one attached hydrogen (secondary N) is 2. The van der Waals surface area contributed by atoms with E-state index in [9.17, 15) is 22.7 Å². The van der Waals surface area contributed by atoms with Crippen LogP contribution in [0, 0.1) is 23.6 Å². The summed E-state index contributed by atoms with van der Waals surface area (Å²) in [6, 6.07) is 9.90. The van der Waals surface area contributed by atoms with E-state index in [-0.39, 0.29) is 40.3 Å². The smallest absolute Gasteiger partial charge is 0.240 e. The monoisotopic (exact) mass is 501 g/mol. The standard InChI is InChI=1S/C26H32FN3O4S/c1-17(31)4-3-5-20-10-15-24(16-25(20)28)35(33,34)30-23-13-8-21(9-14-23)26(32)29-18(2)19-6-11-22(27)12-7-19/h6-7,10-12,15-18,21,23,30-31H,4,8-9,13-14,28H2,1-2H3,(H,29,32)/t17?,18-,21-,23-/m1/s1. The van der Waals surface area contributed by atoms with Crippen molar-refractivity contribution in [2.45, 2.75) is 69.0 Å². The van der Waals surface area contributed by atoms with Crippen LogP contribution >= 0.6 is 0 Å². The number of carbonyl (C=O) groups is 1. The molecule has 0 heterocycles. The molecule has 2 aromatic carbocycles. The minimum atomic E-state index is -3.78. The molecule has 2 aromatic rings. The lowest BCUT2D eigenvalue weighted by atomic mass is 9.85. The lowest BCUT2D eigenvalue weighted by molar-refractivity contribution is -0.126. The van der Waals surface area contributed by atoms with Crippen molar-refractivity contribution in [3.63, 3.8) is 0 Å². The number of sulfonamides is 1. The summed E-state index contributed by atoms with van der Waals surface area (Å²) in [6.07, 6.45) is 1.96. The maximum absolute atomic E-state index is 13.1. The Morgan fingerprint density at radius 2 is 1.80 bits per heavy atom. The van der Waals surface area contributed by atoms with Gasteiger partial charge in [0.25, 0.3) is 0 Å². The van der Waals surface area contributed by atoms with Crippen LogP contribution in [0.15, 0.2) is 47.4 Å². The number of amides is 1. The molecule has 1 aliphatic rings. The van der Waals surface area contributed by atoms with Crippen LogP contribution in [0.1, 0.15) is 63.1 Å². The molecule has 0 saturated heterocycles. The van der Waals surface area contributed by atoms with Gasteiger partial charge in [-0.25, -0.2) is 17.5 Å². The Morgan fingerprint density at radius 1 is 1.14 bits per heavy atom. The Hall–Kier alpha value is -2.93. The molecule has 0 spiro atoms. The molecule has 3 rings (SSSR count). The summed E-state index contributed by atoms with van der Waals surface area (Å²) in [5.74, 6) is 5.04. The number of halogens is 1. The predicted octanol–water partition coefficient (Wildman–Crippen LogP) is 3.24. The number of carbonyl (C=O) groups excluding carboxylic acids is 1. The van der Waals surface area contributed by atoms with Crippen LogP contribution in [0.2, 0.25) is 0 Å². The molecule has 1 amide bonds. The molecular formula is C26H32FN3O4S. The van der Waals surface area contributed by atoms with Gasteiger partial charge >= 0.3 is 0 Å². The van der Waals surface area contributed by atoms with Gasteiger partial charge in [-0.2, -0.15) is 0 Å². The fraction of sp³-hybridized carbons (Fsp3) is 0.423. The second-order valence-electron chi connectivity index (χ2n) is 9.06. The Labute approximate surface area is 206 Å². The summed E-state index contributed by atoms with van der Waals surface area (Å²) in [7, 11) is -3.78. The topological polar surface area (TPSA) is 122 Å². The van der Waals surface area contributed by atoms with Crippen LogP contribution in [0.4, 0.5) is 10.1 Å². The second-order valence-corrected chi connectivity index (χ2v) is 10.8. The maximum atomic E-state index is 13.1. The SMILES string of the molecule is CC(O)CC#Cc1ccc(S(=O)(=O)N[C@H]2CC[C@H](C(=O)N[C@H](C)c3ccc(F)cc3)CC2)cc1N. The summed E-state index contributed by atoms with van der Waals surface area (Å²) in [5, 5.41) is 12.3. The molecule has 1 unspecified atom stereocenters.